The summed E-state index contributed by atoms with van der Waals surface area (Å²) >= 11 is 0. The second kappa shape index (κ2) is 8.92. The van der Waals surface area contributed by atoms with Gasteiger partial charge in [-0.05, 0) is 42.9 Å². The quantitative estimate of drug-likeness (QED) is 0.794. The van der Waals surface area contributed by atoms with Crippen LogP contribution < -0.4 is 9.47 Å². The number of ether oxygens (including phenoxy) is 2. The number of benzene rings is 1. The number of hydrogen-bond donors (Lipinski definition) is 1. The van der Waals surface area contributed by atoms with Crippen LogP contribution in [0.25, 0.3) is 0 Å². The van der Waals surface area contributed by atoms with Crippen molar-refractivity contribution >= 4 is 5.91 Å². The van der Waals surface area contributed by atoms with Crippen molar-refractivity contribution in [1.29, 1.82) is 0 Å². The maximum absolute atomic E-state index is 12.7. The van der Waals surface area contributed by atoms with Gasteiger partial charge >= 0.3 is 0 Å². The van der Waals surface area contributed by atoms with Crippen molar-refractivity contribution in [1.82, 2.24) is 4.90 Å². The van der Waals surface area contributed by atoms with E-state index in [1.54, 1.807) is 19.1 Å². The van der Waals surface area contributed by atoms with E-state index in [0.29, 0.717) is 31.3 Å². The van der Waals surface area contributed by atoms with Crippen molar-refractivity contribution in [3.8, 4) is 11.5 Å². The first-order valence-corrected chi connectivity index (χ1v) is 8.66. The van der Waals surface area contributed by atoms with Gasteiger partial charge in [0.2, 0.25) is 5.91 Å². The molecule has 0 aliphatic heterocycles. The SMILES string of the molecule is COc1ccc(OC)c(CN(CCO)C(=O)CC2CCC(C)C2)c1. The molecule has 1 aliphatic carbocycles. The van der Waals surface area contributed by atoms with Crippen molar-refractivity contribution in [2.75, 3.05) is 27.4 Å². The lowest BCUT2D eigenvalue weighted by Gasteiger charge is -2.24. The lowest BCUT2D eigenvalue weighted by Crippen LogP contribution is -2.34. The highest BCUT2D eigenvalue weighted by molar-refractivity contribution is 5.76. The molecule has 134 valence electrons. The molecule has 0 heterocycles. The molecule has 0 radical (unpaired) electrons. The summed E-state index contributed by atoms with van der Waals surface area (Å²) in [5, 5.41) is 9.34. The molecule has 5 nitrogen and oxygen atoms in total. The van der Waals surface area contributed by atoms with E-state index in [1.165, 1.54) is 6.42 Å². The van der Waals surface area contributed by atoms with Gasteiger partial charge in [-0.3, -0.25) is 4.79 Å². The highest BCUT2D eigenvalue weighted by Gasteiger charge is 2.26. The summed E-state index contributed by atoms with van der Waals surface area (Å²) in [4.78, 5) is 14.4. The van der Waals surface area contributed by atoms with Crippen molar-refractivity contribution in [3.63, 3.8) is 0 Å². The molecular weight excluding hydrogens is 306 g/mol. The summed E-state index contributed by atoms with van der Waals surface area (Å²) in [5.74, 6) is 2.74. The van der Waals surface area contributed by atoms with E-state index in [0.717, 1.165) is 29.9 Å². The highest BCUT2D eigenvalue weighted by Crippen LogP contribution is 2.33. The fourth-order valence-corrected chi connectivity index (χ4v) is 3.51. The van der Waals surface area contributed by atoms with Gasteiger partial charge < -0.3 is 19.5 Å². The molecule has 1 N–H and O–H groups in total. The number of carbonyl (C=O) groups is 1. The Balaban J connectivity index is 2.08. The van der Waals surface area contributed by atoms with Crippen molar-refractivity contribution in [2.45, 2.75) is 39.2 Å². The Morgan fingerprint density at radius 2 is 2.08 bits per heavy atom. The zero-order valence-corrected chi connectivity index (χ0v) is 15.0. The molecular formula is C19H29NO4. The molecule has 1 aliphatic rings. The molecule has 0 saturated heterocycles. The maximum Gasteiger partial charge on any atom is 0.223 e. The molecule has 2 atom stereocenters. The Bertz CT molecular complexity index is 546. The zero-order valence-electron chi connectivity index (χ0n) is 15.0. The molecule has 2 unspecified atom stereocenters. The third kappa shape index (κ3) is 4.87. The summed E-state index contributed by atoms with van der Waals surface area (Å²) in [5.41, 5.74) is 0.887. The van der Waals surface area contributed by atoms with Gasteiger partial charge in [-0.2, -0.15) is 0 Å². The Labute approximate surface area is 144 Å². The molecule has 1 aromatic carbocycles. The van der Waals surface area contributed by atoms with Crippen LogP contribution in [0.4, 0.5) is 0 Å². The molecule has 0 aromatic heterocycles. The maximum atomic E-state index is 12.7. The topological polar surface area (TPSA) is 59.0 Å². The fourth-order valence-electron chi connectivity index (χ4n) is 3.51. The predicted octanol–water partition coefficient (Wildman–Crippen LogP) is 2.85. The number of amides is 1. The highest BCUT2D eigenvalue weighted by atomic mass is 16.5. The van der Waals surface area contributed by atoms with E-state index in [2.05, 4.69) is 6.92 Å². The molecule has 0 spiro atoms. The van der Waals surface area contributed by atoms with Crippen LogP contribution in [0.2, 0.25) is 0 Å². The Morgan fingerprint density at radius 1 is 1.29 bits per heavy atom. The van der Waals surface area contributed by atoms with Gasteiger partial charge in [-0.1, -0.05) is 13.3 Å². The van der Waals surface area contributed by atoms with Crippen LogP contribution in [0, 0.1) is 11.8 Å². The number of carbonyl (C=O) groups excluding carboxylic acids is 1. The summed E-state index contributed by atoms with van der Waals surface area (Å²) < 4.78 is 10.7. The smallest absolute Gasteiger partial charge is 0.223 e. The van der Waals surface area contributed by atoms with Crippen LogP contribution in [0.15, 0.2) is 18.2 Å². The van der Waals surface area contributed by atoms with Gasteiger partial charge in [0.1, 0.15) is 11.5 Å². The predicted molar refractivity (Wildman–Crippen MR) is 93.2 cm³/mol. The third-order valence-corrected chi connectivity index (χ3v) is 4.84. The lowest BCUT2D eigenvalue weighted by molar-refractivity contribution is -0.133. The van der Waals surface area contributed by atoms with Gasteiger partial charge in [0.25, 0.3) is 0 Å². The summed E-state index contributed by atoms with van der Waals surface area (Å²) in [6.45, 7) is 2.96. The summed E-state index contributed by atoms with van der Waals surface area (Å²) in [6, 6.07) is 5.56. The minimum atomic E-state index is -0.0426. The monoisotopic (exact) mass is 335 g/mol. The second-order valence-corrected chi connectivity index (χ2v) is 6.71. The minimum absolute atomic E-state index is 0.0426. The second-order valence-electron chi connectivity index (χ2n) is 6.71. The van der Waals surface area contributed by atoms with E-state index in [4.69, 9.17) is 9.47 Å². The van der Waals surface area contributed by atoms with Gasteiger partial charge in [-0.15, -0.1) is 0 Å². The average Bonchev–Trinajstić information content (AvgIpc) is 2.99. The third-order valence-electron chi connectivity index (χ3n) is 4.84. The minimum Gasteiger partial charge on any atom is -0.497 e. The van der Waals surface area contributed by atoms with E-state index < -0.39 is 0 Å². The van der Waals surface area contributed by atoms with E-state index in [-0.39, 0.29) is 12.5 Å². The molecule has 1 saturated carbocycles. The van der Waals surface area contributed by atoms with Gasteiger partial charge in [-0.25, -0.2) is 0 Å². The summed E-state index contributed by atoms with van der Waals surface area (Å²) in [7, 11) is 3.23. The van der Waals surface area contributed by atoms with Gasteiger partial charge in [0.05, 0.1) is 20.8 Å². The lowest BCUT2D eigenvalue weighted by atomic mass is 10.0. The van der Waals surface area contributed by atoms with Gasteiger partial charge in [0, 0.05) is 25.1 Å². The van der Waals surface area contributed by atoms with Crippen LogP contribution >= 0.6 is 0 Å². The van der Waals surface area contributed by atoms with E-state index in [1.807, 2.05) is 18.2 Å². The first-order valence-electron chi connectivity index (χ1n) is 8.66. The molecule has 1 fully saturated rings. The fraction of sp³-hybridized carbons (Fsp3) is 0.632. The number of aliphatic hydroxyl groups excluding tert-OH is 1. The van der Waals surface area contributed by atoms with Crippen LogP contribution in [0.5, 0.6) is 11.5 Å². The number of hydrogen-bond acceptors (Lipinski definition) is 4. The van der Waals surface area contributed by atoms with Crippen LogP contribution in [-0.4, -0.2) is 43.3 Å². The molecule has 5 heteroatoms. The van der Waals surface area contributed by atoms with Crippen LogP contribution in [0.3, 0.4) is 0 Å². The number of rotatable bonds is 8. The molecule has 2 rings (SSSR count). The Kier molecular flexibility index (Phi) is 6.91. The molecule has 0 bridgehead atoms. The first-order chi connectivity index (χ1) is 11.6. The number of nitrogens with zero attached hydrogens (tertiary/aromatic N) is 1. The molecule has 24 heavy (non-hydrogen) atoms. The standard InChI is InChI=1S/C19H29NO4/c1-14-4-5-15(10-14)11-19(22)20(8-9-21)13-16-12-17(23-2)6-7-18(16)24-3/h6-7,12,14-15,21H,4-5,8-11,13H2,1-3H3. The van der Waals surface area contributed by atoms with E-state index >= 15 is 0 Å². The normalized spacial score (nSPS) is 20.0. The molecule has 1 amide bonds. The number of methoxy groups -OCH3 is 2. The van der Waals surface area contributed by atoms with E-state index in [9.17, 15) is 9.90 Å². The summed E-state index contributed by atoms with van der Waals surface area (Å²) in [6.07, 6.45) is 4.03. The Morgan fingerprint density at radius 3 is 2.67 bits per heavy atom. The number of aliphatic hydroxyl groups is 1. The first kappa shape index (κ1) is 18.6. The van der Waals surface area contributed by atoms with Crippen molar-refractivity contribution in [3.05, 3.63) is 23.8 Å². The van der Waals surface area contributed by atoms with Crippen molar-refractivity contribution < 1.29 is 19.4 Å². The molecule has 1 aromatic rings. The van der Waals surface area contributed by atoms with Crippen LogP contribution in [-0.2, 0) is 11.3 Å². The Hall–Kier alpha value is -1.75. The largest absolute Gasteiger partial charge is 0.497 e. The van der Waals surface area contributed by atoms with Gasteiger partial charge in [0.15, 0.2) is 0 Å². The van der Waals surface area contributed by atoms with Crippen LogP contribution in [0.1, 0.15) is 38.2 Å². The average molecular weight is 335 g/mol. The zero-order chi connectivity index (χ0) is 17.5. The van der Waals surface area contributed by atoms with Crippen molar-refractivity contribution in [2.24, 2.45) is 11.8 Å².